The van der Waals surface area contributed by atoms with Crippen LogP contribution in [0.15, 0.2) is 72.8 Å². The van der Waals surface area contributed by atoms with Crippen LogP contribution in [0.1, 0.15) is 25.6 Å². The number of hydrogen-bond donors (Lipinski definition) is 0. The molecule has 0 aliphatic heterocycles. The van der Waals surface area contributed by atoms with Crippen molar-refractivity contribution in [1.82, 2.24) is 0 Å². The Bertz CT molecular complexity index is 1000. The molecular weight excluding hydrogens is 356 g/mol. The third-order valence-electron chi connectivity index (χ3n) is 4.05. The van der Waals surface area contributed by atoms with E-state index in [0.717, 1.165) is 11.1 Å². The van der Waals surface area contributed by atoms with Crippen molar-refractivity contribution >= 4 is 5.97 Å². The van der Waals surface area contributed by atoms with Crippen LogP contribution >= 0.6 is 0 Å². The van der Waals surface area contributed by atoms with Crippen LogP contribution in [-0.2, 0) is 18.0 Å². The van der Waals surface area contributed by atoms with Crippen LogP contribution in [0, 0.1) is 0 Å². The molecule has 0 bridgehead atoms. The Hall–Kier alpha value is -3.47. The van der Waals surface area contributed by atoms with Crippen molar-refractivity contribution < 1.29 is 27.9 Å². The first kappa shape index (κ1) is 15.6. The van der Waals surface area contributed by atoms with E-state index in [9.17, 15) is 4.79 Å². The quantitative estimate of drug-likeness (QED) is 0.532. The Morgan fingerprint density at radius 1 is 0.821 bits per heavy atom. The molecule has 0 spiro atoms. The van der Waals surface area contributed by atoms with Crippen LogP contribution in [0.2, 0.25) is 0 Å². The summed E-state index contributed by atoms with van der Waals surface area (Å²) in [5.41, 5.74) is 1.68. The van der Waals surface area contributed by atoms with Crippen LogP contribution < -0.4 is 14.2 Å². The third kappa shape index (κ3) is 4.62. The second kappa shape index (κ2) is 9.46. The first-order valence-electron chi connectivity index (χ1n) is 10.1. The second-order valence-electron chi connectivity index (χ2n) is 5.91. The normalized spacial score (nSPS) is 12.2. The van der Waals surface area contributed by atoms with Crippen LogP contribution in [0.4, 0.5) is 0 Å². The second-order valence-corrected chi connectivity index (χ2v) is 5.91. The van der Waals surface area contributed by atoms with Gasteiger partial charge in [0, 0.05) is 0 Å². The lowest BCUT2D eigenvalue weighted by Gasteiger charge is -2.18. The minimum atomic E-state index is -2.81. The molecule has 0 atom stereocenters. The SMILES string of the molecule is [2H]C([2H])([2H])Oc1c(C(=O)OC)ccc(OCc2ccccc2)c1OCc1ccccc1. The summed E-state index contributed by atoms with van der Waals surface area (Å²) in [6.07, 6.45) is 0. The lowest BCUT2D eigenvalue weighted by atomic mass is 10.1. The first-order chi connectivity index (χ1) is 14.9. The van der Waals surface area contributed by atoms with Gasteiger partial charge in [0.1, 0.15) is 18.8 Å². The Balaban J connectivity index is 2.00. The topological polar surface area (TPSA) is 54.0 Å². The predicted octanol–water partition coefficient (Wildman–Crippen LogP) is 4.64. The van der Waals surface area contributed by atoms with Gasteiger partial charge in [-0.05, 0) is 23.3 Å². The van der Waals surface area contributed by atoms with Gasteiger partial charge in [-0.2, -0.15) is 0 Å². The molecule has 0 heterocycles. The zero-order chi connectivity index (χ0) is 22.3. The van der Waals surface area contributed by atoms with Crippen molar-refractivity contribution in [3.05, 3.63) is 89.5 Å². The maximum absolute atomic E-state index is 12.3. The molecule has 28 heavy (non-hydrogen) atoms. The molecule has 0 saturated heterocycles. The summed E-state index contributed by atoms with van der Waals surface area (Å²) in [6, 6.07) is 21.7. The molecule has 144 valence electrons. The lowest BCUT2D eigenvalue weighted by molar-refractivity contribution is 0.0596. The Labute approximate surface area is 168 Å². The number of ether oxygens (including phenoxy) is 4. The molecule has 5 heteroatoms. The molecule has 0 aromatic heterocycles. The summed E-state index contributed by atoms with van der Waals surface area (Å²) >= 11 is 0. The van der Waals surface area contributed by atoms with Gasteiger partial charge < -0.3 is 18.9 Å². The molecule has 0 fully saturated rings. The number of esters is 1. The van der Waals surface area contributed by atoms with Gasteiger partial charge >= 0.3 is 5.97 Å². The van der Waals surface area contributed by atoms with Gasteiger partial charge in [0.15, 0.2) is 11.5 Å². The Kier molecular flexibility index (Phi) is 5.26. The zero-order valence-electron chi connectivity index (χ0n) is 18.4. The average molecular weight is 381 g/mol. The van der Waals surface area contributed by atoms with Crippen LogP contribution in [0.3, 0.4) is 0 Å². The fraction of sp³-hybridized carbons (Fsp3) is 0.174. The van der Waals surface area contributed by atoms with E-state index < -0.39 is 13.0 Å². The third-order valence-corrected chi connectivity index (χ3v) is 4.05. The summed E-state index contributed by atoms with van der Waals surface area (Å²) in [5.74, 6) is -0.753. The van der Waals surface area contributed by atoms with E-state index in [1.54, 1.807) is 0 Å². The van der Waals surface area contributed by atoms with E-state index >= 15 is 0 Å². The highest BCUT2D eigenvalue weighted by atomic mass is 16.5. The van der Waals surface area contributed by atoms with Gasteiger partial charge in [-0.1, -0.05) is 60.7 Å². The maximum atomic E-state index is 12.3. The van der Waals surface area contributed by atoms with Crippen LogP contribution in [-0.4, -0.2) is 20.1 Å². The molecule has 0 aliphatic rings. The maximum Gasteiger partial charge on any atom is 0.341 e. The molecule has 5 nitrogen and oxygen atoms in total. The highest BCUT2D eigenvalue weighted by Gasteiger charge is 2.22. The van der Waals surface area contributed by atoms with E-state index in [1.807, 2.05) is 60.7 Å². The van der Waals surface area contributed by atoms with Crippen molar-refractivity contribution in [2.24, 2.45) is 0 Å². The monoisotopic (exact) mass is 381 g/mol. The molecule has 0 aliphatic carbocycles. The molecule has 0 amide bonds. The molecule has 0 N–H and O–H groups in total. The molecule has 3 aromatic carbocycles. The van der Waals surface area contributed by atoms with Gasteiger partial charge in [0.2, 0.25) is 5.75 Å². The number of carbonyl (C=O) groups excluding carboxylic acids is 1. The molecule has 3 rings (SSSR count). The molecule has 0 radical (unpaired) electrons. The first-order valence-corrected chi connectivity index (χ1v) is 8.65. The molecular formula is C23H22O5. The van der Waals surface area contributed by atoms with Crippen molar-refractivity contribution in [2.75, 3.05) is 14.1 Å². The van der Waals surface area contributed by atoms with Crippen molar-refractivity contribution in [3.8, 4) is 17.2 Å². The number of methoxy groups -OCH3 is 2. The van der Waals surface area contributed by atoms with Crippen LogP contribution in [0.5, 0.6) is 17.2 Å². The average Bonchev–Trinajstić information content (AvgIpc) is 2.77. The van der Waals surface area contributed by atoms with Crippen molar-refractivity contribution in [3.63, 3.8) is 0 Å². The summed E-state index contributed by atoms with van der Waals surface area (Å²) < 4.78 is 44.3. The Morgan fingerprint density at radius 3 is 2.00 bits per heavy atom. The van der Waals surface area contributed by atoms with Gasteiger partial charge in [-0.3, -0.25) is 0 Å². The van der Waals surface area contributed by atoms with E-state index in [2.05, 4.69) is 0 Å². The molecule has 3 aromatic rings. The van der Waals surface area contributed by atoms with E-state index in [1.165, 1.54) is 19.2 Å². The van der Waals surface area contributed by atoms with E-state index in [0.29, 0.717) is 0 Å². The highest BCUT2D eigenvalue weighted by Crippen LogP contribution is 2.41. The predicted molar refractivity (Wildman–Crippen MR) is 106 cm³/mol. The summed E-state index contributed by atoms with van der Waals surface area (Å²) in [7, 11) is -1.61. The standard InChI is InChI=1S/C23H22O5/c1-25-21-19(23(24)26-2)13-14-20(27-15-17-9-5-3-6-10-17)22(21)28-16-18-11-7-4-8-12-18/h3-14H,15-16H2,1-2H3/i1D3. The largest absolute Gasteiger partial charge is 0.492 e. The van der Waals surface area contributed by atoms with Gasteiger partial charge in [-0.25, -0.2) is 4.79 Å². The lowest BCUT2D eigenvalue weighted by Crippen LogP contribution is -2.08. The van der Waals surface area contributed by atoms with E-state index in [4.69, 9.17) is 23.1 Å². The zero-order valence-corrected chi connectivity index (χ0v) is 15.4. The van der Waals surface area contributed by atoms with E-state index in [-0.39, 0.29) is 36.0 Å². The summed E-state index contributed by atoms with van der Waals surface area (Å²) in [4.78, 5) is 12.3. The fourth-order valence-corrected chi connectivity index (χ4v) is 2.63. The number of rotatable bonds is 8. The minimum Gasteiger partial charge on any atom is -0.492 e. The van der Waals surface area contributed by atoms with Crippen LogP contribution in [0.25, 0.3) is 0 Å². The van der Waals surface area contributed by atoms with Crippen molar-refractivity contribution in [2.45, 2.75) is 13.2 Å². The van der Waals surface area contributed by atoms with Gasteiger partial charge in [-0.15, -0.1) is 0 Å². The van der Waals surface area contributed by atoms with Crippen molar-refractivity contribution in [1.29, 1.82) is 0 Å². The molecule has 0 saturated carbocycles. The number of hydrogen-bond acceptors (Lipinski definition) is 5. The smallest absolute Gasteiger partial charge is 0.341 e. The summed E-state index contributed by atoms with van der Waals surface area (Å²) in [6.45, 7) is 0.331. The van der Waals surface area contributed by atoms with Gasteiger partial charge in [0.25, 0.3) is 0 Å². The fourth-order valence-electron chi connectivity index (χ4n) is 2.63. The number of benzene rings is 3. The van der Waals surface area contributed by atoms with Gasteiger partial charge in [0.05, 0.1) is 18.3 Å². The Morgan fingerprint density at radius 2 is 1.43 bits per heavy atom. The molecule has 0 unspecified atom stereocenters. The number of carbonyl (C=O) groups is 1. The minimum absolute atomic E-state index is 0.0128. The summed E-state index contributed by atoms with van der Waals surface area (Å²) in [5, 5.41) is 0. The highest BCUT2D eigenvalue weighted by molar-refractivity contribution is 5.94.